The van der Waals surface area contributed by atoms with E-state index in [4.69, 9.17) is 0 Å². The van der Waals surface area contributed by atoms with E-state index in [9.17, 15) is 31.1 Å². The smallest absolute Gasteiger partial charge is 0.316 e. The average molecular weight is 371 g/mol. The van der Waals surface area contributed by atoms with Gasteiger partial charge in [0.2, 0.25) is 5.54 Å². The molecule has 0 spiro atoms. The number of carbonyl (C=O) groups is 1. The zero-order valence-electron chi connectivity index (χ0n) is 12.3. The fourth-order valence-electron chi connectivity index (χ4n) is 1.80. The first kappa shape index (κ1) is 18.3. The summed E-state index contributed by atoms with van der Waals surface area (Å²) in [6.07, 6.45) is -11.4. The van der Waals surface area contributed by atoms with E-state index in [2.05, 4.69) is 4.98 Å². The number of rotatable bonds is 2. The molecule has 0 unspecified atom stereocenters. The number of benzene rings is 1. The third-order valence-electron chi connectivity index (χ3n) is 3.34. The summed E-state index contributed by atoms with van der Waals surface area (Å²) in [6.45, 7) is 1.59. The highest BCUT2D eigenvalue weighted by molar-refractivity contribution is 7.22. The van der Waals surface area contributed by atoms with E-state index >= 15 is 0 Å². The molecule has 2 amide bonds. The average Bonchev–Trinajstić information content (AvgIpc) is 2.79. The van der Waals surface area contributed by atoms with Gasteiger partial charge in [0.15, 0.2) is 5.13 Å². The number of hydrogen-bond donors (Lipinski definition) is 2. The summed E-state index contributed by atoms with van der Waals surface area (Å²) in [5, 5.41) is 2.76. The predicted octanol–water partition coefficient (Wildman–Crippen LogP) is 4.61. The van der Waals surface area contributed by atoms with Crippen molar-refractivity contribution in [3.8, 4) is 0 Å². The number of nitrogens with zero attached hydrogens (tertiary/aromatic N) is 1. The Morgan fingerprint density at radius 1 is 1.12 bits per heavy atom. The highest BCUT2D eigenvalue weighted by atomic mass is 32.1. The Morgan fingerprint density at radius 2 is 1.71 bits per heavy atom. The van der Waals surface area contributed by atoms with Crippen LogP contribution in [0.4, 0.5) is 36.3 Å². The van der Waals surface area contributed by atoms with Crippen LogP contribution < -0.4 is 10.6 Å². The Bertz CT molecular complexity index is 753. The molecule has 0 aliphatic rings. The van der Waals surface area contributed by atoms with Crippen molar-refractivity contribution in [2.24, 2.45) is 0 Å². The maximum Gasteiger partial charge on any atom is 0.420 e. The van der Waals surface area contributed by atoms with Gasteiger partial charge in [0.25, 0.3) is 0 Å². The van der Waals surface area contributed by atoms with Gasteiger partial charge in [0, 0.05) is 0 Å². The zero-order chi connectivity index (χ0) is 18.3. The molecule has 132 valence electrons. The molecular weight excluding hydrogens is 360 g/mol. The van der Waals surface area contributed by atoms with Crippen LogP contribution in [-0.4, -0.2) is 28.9 Å². The molecule has 24 heavy (non-hydrogen) atoms. The Kier molecular flexibility index (Phi) is 4.42. The summed E-state index contributed by atoms with van der Waals surface area (Å²) >= 11 is 0.935. The summed E-state index contributed by atoms with van der Waals surface area (Å²) in [5.41, 5.74) is -3.11. The number of fused-ring (bicyclic) bond motifs is 1. The van der Waals surface area contributed by atoms with E-state index in [1.807, 2.05) is 5.32 Å². The fourth-order valence-corrected chi connectivity index (χ4v) is 2.74. The van der Waals surface area contributed by atoms with Gasteiger partial charge in [-0.15, -0.1) is 0 Å². The van der Waals surface area contributed by atoms with Gasteiger partial charge in [-0.05, 0) is 25.5 Å². The quantitative estimate of drug-likeness (QED) is 0.758. The molecule has 0 aliphatic carbocycles. The Morgan fingerprint density at radius 3 is 2.21 bits per heavy atom. The lowest BCUT2D eigenvalue weighted by Crippen LogP contribution is -2.66. The van der Waals surface area contributed by atoms with E-state index in [0.717, 1.165) is 22.2 Å². The van der Waals surface area contributed by atoms with Gasteiger partial charge in [0.1, 0.15) is 0 Å². The molecule has 0 bridgehead atoms. The second-order valence-corrected chi connectivity index (χ2v) is 6.17. The molecule has 2 N–H and O–H groups in total. The van der Waals surface area contributed by atoms with E-state index in [-0.39, 0.29) is 12.1 Å². The Labute approximate surface area is 135 Å². The molecule has 1 aromatic carbocycles. The summed E-state index contributed by atoms with van der Waals surface area (Å²) in [7, 11) is 0. The summed E-state index contributed by atoms with van der Waals surface area (Å²) in [4.78, 5) is 15.6. The van der Waals surface area contributed by atoms with E-state index in [1.165, 1.54) is 0 Å². The van der Waals surface area contributed by atoms with Crippen LogP contribution in [-0.2, 0) is 0 Å². The molecule has 2 rings (SSSR count). The van der Waals surface area contributed by atoms with Crippen LogP contribution in [0.15, 0.2) is 18.2 Å². The van der Waals surface area contributed by atoms with Crippen LogP contribution in [0.3, 0.4) is 0 Å². The fraction of sp³-hybridized carbons (Fsp3) is 0.385. The number of aromatic nitrogens is 1. The third-order valence-corrected chi connectivity index (χ3v) is 4.27. The number of hydrogen-bond acceptors (Lipinski definition) is 3. The first-order valence-corrected chi connectivity index (χ1v) is 7.25. The lowest BCUT2D eigenvalue weighted by atomic mass is 10.0. The maximum atomic E-state index is 12.7. The molecular formula is C13H11F6N3OS. The molecule has 1 heterocycles. The Hall–Kier alpha value is -2.04. The molecule has 0 saturated heterocycles. The zero-order valence-corrected chi connectivity index (χ0v) is 13.1. The molecule has 2 aromatic rings. The highest BCUT2D eigenvalue weighted by Crippen LogP contribution is 2.42. The number of para-hydroxylation sites is 1. The SMILES string of the molecule is Cc1cccc2sc(NC(=O)NC(C)(C(F)(F)F)C(F)(F)F)nc12. The lowest BCUT2D eigenvalue weighted by Gasteiger charge is -2.34. The van der Waals surface area contributed by atoms with Crippen LogP contribution >= 0.6 is 11.3 Å². The number of nitrogens with one attached hydrogen (secondary N) is 2. The Balaban J connectivity index is 2.23. The van der Waals surface area contributed by atoms with Crippen molar-refractivity contribution in [1.29, 1.82) is 0 Å². The van der Waals surface area contributed by atoms with Crippen molar-refractivity contribution < 1.29 is 31.1 Å². The third kappa shape index (κ3) is 3.25. The van der Waals surface area contributed by atoms with Gasteiger partial charge >= 0.3 is 18.4 Å². The van der Waals surface area contributed by atoms with Crippen LogP contribution in [0, 0.1) is 6.92 Å². The van der Waals surface area contributed by atoms with Crippen molar-refractivity contribution in [3.63, 3.8) is 0 Å². The number of alkyl halides is 6. The molecule has 4 nitrogen and oxygen atoms in total. The van der Waals surface area contributed by atoms with Crippen LogP contribution in [0.5, 0.6) is 0 Å². The molecule has 0 radical (unpaired) electrons. The maximum absolute atomic E-state index is 12.7. The van der Waals surface area contributed by atoms with Gasteiger partial charge in [-0.2, -0.15) is 26.3 Å². The number of anilines is 1. The second kappa shape index (κ2) is 5.80. The summed E-state index contributed by atoms with van der Waals surface area (Å²) in [5.74, 6) is 0. The van der Waals surface area contributed by atoms with Gasteiger partial charge in [-0.1, -0.05) is 23.5 Å². The minimum Gasteiger partial charge on any atom is -0.316 e. The normalized spacial score (nSPS) is 13.2. The van der Waals surface area contributed by atoms with Gasteiger partial charge < -0.3 is 5.32 Å². The van der Waals surface area contributed by atoms with E-state index in [1.54, 1.807) is 25.1 Å². The van der Waals surface area contributed by atoms with Crippen molar-refractivity contribution >= 4 is 32.7 Å². The molecule has 0 aliphatic heterocycles. The summed E-state index contributed by atoms with van der Waals surface area (Å²) in [6, 6.07) is 3.46. The van der Waals surface area contributed by atoms with Crippen molar-refractivity contribution in [2.75, 3.05) is 5.32 Å². The summed E-state index contributed by atoms with van der Waals surface area (Å²) < 4.78 is 77.1. The van der Waals surface area contributed by atoms with Crippen LogP contribution in [0.1, 0.15) is 12.5 Å². The number of halogens is 6. The van der Waals surface area contributed by atoms with Crippen LogP contribution in [0.25, 0.3) is 10.2 Å². The number of urea groups is 1. The molecule has 0 atom stereocenters. The minimum absolute atomic E-state index is 0.108. The monoisotopic (exact) mass is 371 g/mol. The van der Waals surface area contributed by atoms with Crippen molar-refractivity contribution in [1.82, 2.24) is 10.3 Å². The topological polar surface area (TPSA) is 54.0 Å². The predicted molar refractivity (Wildman–Crippen MR) is 77.0 cm³/mol. The lowest BCUT2D eigenvalue weighted by molar-refractivity contribution is -0.297. The number of aryl methyl sites for hydroxylation is 1. The molecule has 0 saturated carbocycles. The van der Waals surface area contributed by atoms with Crippen molar-refractivity contribution in [2.45, 2.75) is 31.7 Å². The largest absolute Gasteiger partial charge is 0.420 e. The second-order valence-electron chi connectivity index (χ2n) is 5.14. The highest BCUT2D eigenvalue weighted by Gasteiger charge is 2.68. The van der Waals surface area contributed by atoms with Gasteiger partial charge in [-0.25, -0.2) is 9.78 Å². The van der Waals surface area contributed by atoms with Crippen molar-refractivity contribution in [3.05, 3.63) is 23.8 Å². The number of amides is 2. The minimum atomic E-state index is -5.72. The van der Waals surface area contributed by atoms with E-state index < -0.39 is 23.9 Å². The molecule has 1 aromatic heterocycles. The number of carbonyl (C=O) groups excluding carboxylic acids is 1. The van der Waals surface area contributed by atoms with Gasteiger partial charge in [-0.3, -0.25) is 5.32 Å². The first-order valence-electron chi connectivity index (χ1n) is 6.44. The van der Waals surface area contributed by atoms with E-state index in [0.29, 0.717) is 10.2 Å². The first-order chi connectivity index (χ1) is 10.8. The molecule has 11 heteroatoms. The van der Waals surface area contributed by atoms with Gasteiger partial charge in [0.05, 0.1) is 10.2 Å². The van der Waals surface area contributed by atoms with Crippen LogP contribution in [0.2, 0.25) is 0 Å². The standard InChI is InChI=1S/C13H11F6N3OS/c1-6-4-3-5-7-8(6)20-10(24-7)21-9(23)22-11(2,12(14,15)16)13(17,18)19/h3-5H,1-2H3,(H2,20,21,22,23). The number of thiazole rings is 1. The molecule has 0 fully saturated rings.